The highest BCUT2D eigenvalue weighted by molar-refractivity contribution is 6.35. The van der Waals surface area contributed by atoms with Gasteiger partial charge < -0.3 is 14.5 Å². The minimum atomic E-state index is -0.693. The molecule has 0 spiro atoms. The highest BCUT2D eigenvalue weighted by Crippen LogP contribution is 2.28. The molecule has 0 saturated heterocycles. The van der Waals surface area contributed by atoms with Gasteiger partial charge in [0, 0.05) is 5.02 Å². The summed E-state index contributed by atoms with van der Waals surface area (Å²) in [4.78, 5) is 12.1. The molecule has 0 aliphatic heterocycles. The molecule has 0 fully saturated rings. The topological polar surface area (TPSA) is 51.5 Å². The molecule has 0 aliphatic carbocycles. The van der Waals surface area contributed by atoms with Gasteiger partial charge in [0.2, 0.25) is 0 Å². The predicted molar refractivity (Wildman–Crippen MR) is 81.8 cm³/mol. The molecule has 0 aliphatic rings. The fourth-order valence-corrected chi connectivity index (χ4v) is 2.21. The molecule has 1 heterocycles. The van der Waals surface area contributed by atoms with E-state index in [2.05, 4.69) is 5.32 Å². The predicted octanol–water partition coefficient (Wildman–Crippen LogP) is 4.23. The van der Waals surface area contributed by atoms with Gasteiger partial charge in [0.25, 0.3) is 5.91 Å². The fraction of sp³-hybridized carbons (Fsp3) is 0.267. The third kappa shape index (κ3) is 4.16. The Morgan fingerprint density at radius 1 is 1.29 bits per heavy atom. The molecule has 21 heavy (non-hydrogen) atoms. The molecule has 1 aromatic carbocycles. The van der Waals surface area contributed by atoms with Crippen LogP contribution in [0.25, 0.3) is 0 Å². The molecule has 2 rings (SSSR count). The molecule has 0 radical (unpaired) electrons. The Morgan fingerprint density at radius 2 is 2.05 bits per heavy atom. The molecule has 6 heteroatoms. The van der Waals surface area contributed by atoms with Crippen LogP contribution in [0.15, 0.2) is 41.0 Å². The van der Waals surface area contributed by atoms with Crippen molar-refractivity contribution in [1.29, 1.82) is 0 Å². The lowest BCUT2D eigenvalue weighted by atomic mass is 10.2. The van der Waals surface area contributed by atoms with E-state index in [0.29, 0.717) is 21.6 Å². The van der Waals surface area contributed by atoms with Crippen LogP contribution in [0, 0.1) is 0 Å². The van der Waals surface area contributed by atoms with Gasteiger partial charge in [0.1, 0.15) is 11.5 Å². The largest absolute Gasteiger partial charge is 0.479 e. The van der Waals surface area contributed by atoms with Gasteiger partial charge in [-0.05, 0) is 44.2 Å². The Bertz CT molecular complexity index is 613. The summed E-state index contributed by atoms with van der Waals surface area (Å²) in [7, 11) is 0. The first-order valence-corrected chi connectivity index (χ1v) is 7.18. The van der Waals surface area contributed by atoms with E-state index in [1.54, 1.807) is 43.5 Å². The van der Waals surface area contributed by atoms with E-state index in [0.717, 1.165) is 0 Å². The lowest BCUT2D eigenvalue weighted by Crippen LogP contribution is -2.37. The van der Waals surface area contributed by atoms with Crippen molar-refractivity contribution in [3.63, 3.8) is 0 Å². The van der Waals surface area contributed by atoms with E-state index in [1.165, 1.54) is 0 Å². The smallest absolute Gasteiger partial charge is 0.261 e. The Kier molecular flexibility index (Phi) is 5.15. The summed E-state index contributed by atoms with van der Waals surface area (Å²) in [6.07, 6.45) is 0.867. The van der Waals surface area contributed by atoms with Gasteiger partial charge in [0.05, 0.1) is 17.3 Å². The normalized spacial score (nSPS) is 13.5. The van der Waals surface area contributed by atoms with Gasteiger partial charge in [0.15, 0.2) is 6.10 Å². The van der Waals surface area contributed by atoms with Crippen molar-refractivity contribution in [1.82, 2.24) is 5.32 Å². The number of amides is 1. The van der Waals surface area contributed by atoms with Crippen molar-refractivity contribution in [2.24, 2.45) is 0 Å². The van der Waals surface area contributed by atoms with Crippen molar-refractivity contribution < 1.29 is 13.9 Å². The van der Waals surface area contributed by atoms with Crippen LogP contribution in [0.2, 0.25) is 10.0 Å². The SMILES string of the molecule is C[C@H](Oc1ccc(Cl)cc1Cl)C(=O)N[C@H](C)c1ccco1. The Hall–Kier alpha value is -1.65. The first kappa shape index (κ1) is 15.7. The zero-order valence-corrected chi connectivity index (χ0v) is 13.1. The van der Waals surface area contributed by atoms with E-state index < -0.39 is 6.10 Å². The maximum atomic E-state index is 12.1. The molecule has 1 aromatic heterocycles. The number of ether oxygens (including phenoxy) is 1. The van der Waals surface area contributed by atoms with E-state index in [9.17, 15) is 4.79 Å². The van der Waals surface area contributed by atoms with E-state index >= 15 is 0 Å². The third-order valence-electron chi connectivity index (χ3n) is 2.90. The van der Waals surface area contributed by atoms with Gasteiger partial charge in [-0.2, -0.15) is 0 Å². The molecule has 112 valence electrons. The summed E-state index contributed by atoms with van der Waals surface area (Å²) in [5.41, 5.74) is 0. The van der Waals surface area contributed by atoms with Crippen LogP contribution in [-0.4, -0.2) is 12.0 Å². The number of benzene rings is 1. The molecular formula is C15H15Cl2NO3. The molecule has 1 N–H and O–H groups in total. The number of halogens is 2. The molecule has 2 atom stereocenters. The number of hydrogen-bond acceptors (Lipinski definition) is 3. The third-order valence-corrected chi connectivity index (χ3v) is 3.43. The van der Waals surface area contributed by atoms with Crippen LogP contribution in [0.3, 0.4) is 0 Å². The first-order valence-electron chi connectivity index (χ1n) is 6.43. The van der Waals surface area contributed by atoms with E-state index in [1.807, 2.05) is 6.92 Å². The van der Waals surface area contributed by atoms with Gasteiger partial charge in [-0.3, -0.25) is 4.79 Å². The summed E-state index contributed by atoms with van der Waals surface area (Å²) in [6.45, 7) is 3.48. The van der Waals surface area contributed by atoms with E-state index in [4.69, 9.17) is 32.4 Å². The number of rotatable bonds is 5. The number of nitrogens with one attached hydrogen (secondary N) is 1. The summed E-state index contributed by atoms with van der Waals surface area (Å²) < 4.78 is 10.8. The second-order valence-corrected chi connectivity index (χ2v) is 5.42. The molecule has 0 saturated carbocycles. The standard InChI is InChI=1S/C15H15Cl2NO3/c1-9(13-4-3-7-20-13)18-15(19)10(2)21-14-6-5-11(16)8-12(14)17/h3-10H,1-2H3,(H,18,19)/t9-,10+/m1/s1. The maximum Gasteiger partial charge on any atom is 0.261 e. The maximum absolute atomic E-state index is 12.1. The van der Waals surface area contributed by atoms with Crippen molar-refractivity contribution in [2.45, 2.75) is 26.0 Å². The van der Waals surface area contributed by atoms with Crippen LogP contribution in [0.5, 0.6) is 5.75 Å². The number of hydrogen-bond donors (Lipinski definition) is 1. The average molecular weight is 328 g/mol. The fourth-order valence-electron chi connectivity index (χ4n) is 1.75. The zero-order chi connectivity index (χ0) is 15.4. The number of carbonyl (C=O) groups excluding carboxylic acids is 1. The molecule has 0 bridgehead atoms. The second kappa shape index (κ2) is 6.87. The number of carbonyl (C=O) groups is 1. The second-order valence-electron chi connectivity index (χ2n) is 4.58. The average Bonchev–Trinajstić information content (AvgIpc) is 2.95. The van der Waals surface area contributed by atoms with Gasteiger partial charge >= 0.3 is 0 Å². The van der Waals surface area contributed by atoms with Crippen LogP contribution in [-0.2, 0) is 4.79 Å². The monoisotopic (exact) mass is 327 g/mol. The van der Waals surface area contributed by atoms with Crippen LogP contribution in [0.4, 0.5) is 0 Å². The van der Waals surface area contributed by atoms with Crippen LogP contribution < -0.4 is 10.1 Å². The minimum Gasteiger partial charge on any atom is -0.479 e. The highest BCUT2D eigenvalue weighted by atomic mass is 35.5. The lowest BCUT2D eigenvalue weighted by molar-refractivity contribution is -0.128. The molecule has 2 aromatic rings. The Labute approximate surface area is 133 Å². The quantitative estimate of drug-likeness (QED) is 0.893. The van der Waals surface area contributed by atoms with Gasteiger partial charge in [-0.1, -0.05) is 23.2 Å². The molecule has 4 nitrogen and oxygen atoms in total. The van der Waals surface area contributed by atoms with Gasteiger partial charge in [-0.25, -0.2) is 0 Å². The summed E-state index contributed by atoms with van der Waals surface area (Å²) in [5, 5.41) is 3.68. The van der Waals surface area contributed by atoms with Crippen molar-refractivity contribution in [3.8, 4) is 5.75 Å². The van der Waals surface area contributed by atoms with Crippen LogP contribution >= 0.6 is 23.2 Å². The number of furan rings is 1. The highest BCUT2D eigenvalue weighted by Gasteiger charge is 2.19. The van der Waals surface area contributed by atoms with E-state index in [-0.39, 0.29) is 11.9 Å². The Morgan fingerprint density at radius 3 is 2.67 bits per heavy atom. The van der Waals surface area contributed by atoms with Crippen LogP contribution in [0.1, 0.15) is 25.6 Å². The molecule has 0 unspecified atom stereocenters. The lowest BCUT2D eigenvalue weighted by Gasteiger charge is -2.18. The van der Waals surface area contributed by atoms with Crippen molar-refractivity contribution in [3.05, 3.63) is 52.4 Å². The summed E-state index contributed by atoms with van der Waals surface area (Å²) in [5.74, 6) is 0.833. The summed E-state index contributed by atoms with van der Waals surface area (Å²) >= 11 is 11.8. The molecule has 1 amide bonds. The van der Waals surface area contributed by atoms with Crippen molar-refractivity contribution in [2.75, 3.05) is 0 Å². The Balaban J connectivity index is 1.96. The zero-order valence-electron chi connectivity index (χ0n) is 11.6. The molecular weight excluding hydrogens is 313 g/mol. The minimum absolute atomic E-state index is 0.237. The van der Waals surface area contributed by atoms with Crippen molar-refractivity contribution >= 4 is 29.1 Å². The summed E-state index contributed by atoms with van der Waals surface area (Å²) in [6, 6.07) is 8.18. The van der Waals surface area contributed by atoms with Gasteiger partial charge in [-0.15, -0.1) is 0 Å². The first-order chi connectivity index (χ1) is 9.97.